The molecule has 28 heavy (non-hydrogen) atoms. The van der Waals surface area contributed by atoms with E-state index in [4.69, 9.17) is 0 Å². The van der Waals surface area contributed by atoms with Crippen LogP contribution in [0.25, 0.3) is 11.5 Å². The van der Waals surface area contributed by atoms with E-state index in [1.165, 1.54) is 12.1 Å². The quantitative estimate of drug-likeness (QED) is 0.480. The van der Waals surface area contributed by atoms with Gasteiger partial charge in [0.25, 0.3) is 5.91 Å². The zero-order chi connectivity index (χ0) is 19.7. The first kappa shape index (κ1) is 18.2. The van der Waals surface area contributed by atoms with Gasteiger partial charge in [-0.2, -0.15) is 5.10 Å². The highest BCUT2D eigenvalue weighted by Crippen LogP contribution is 2.25. The van der Waals surface area contributed by atoms with Gasteiger partial charge >= 0.3 is 0 Å². The summed E-state index contributed by atoms with van der Waals surface area (Å²) in [6, 6.07) is 17.8. The summed E-state index contributed by atoms with van der Waals surface area (Å²) in [5.74, 6) is -0.355. The van der Waals surface area contributed by atoms with Gasteiger partial charge in [-0.05, 0) is 49.4 Å². The van der Waals surface area contributed by atoms with Gasteiger partial charge < -0.3 is 9.88 Å². The van der Waals surface area contributed by atoms with E-state index < -0.39 is 11.7 Å². The number of rotatable bonds is 4. The monoisotopic (exact) mass is 438 g/mol. The molecule has 0 atom stereocenters. The Labute approximate surface area is 169 Å². The molecule has 0 bridgehead atoms. The van der Waals surface area contributed by atoms with Gasteiger partial charge in [0.2, 0.25) is 0 Å². The third kappa shape index (κ3) is 3.36. The molecule has 5 nitrogen and oxygen atoms in total. The molecule has 0 fully saturated rings. The van der Waals surface area contributed by atoms with E-state index in [-0.39, 0.29) is 5.69 Å². The molecule has 0 aliphatic heterocycles. The Morgan fingerprint density at radius 3 is 2.46 bits per heavy atom. The maximum atomic E-state index is 14.2. The van der Waals surface area contributed by atoms with Crippen LogP contribution in [0.3, 0.4) is 0 Å². The predicted octanol–water partition coefficient (Wildman–Crippen LogP) is 5.13. The van der Waals surface area contributed by atoms with Gasteiger partial charge in [0.15, 0.2) is 5.82 Å². The molecule has 2 aromatic heterocycles. The van der Waals surface area contributed by atoms with Crippen LogP contribution in [-0.2, 0) is 0 Å². The molecule has 4 rings (SSSR count). The number of nitrogens with zero attached hydrogens (tertiary/aromatic N) is 3. The van der Waals surface area contributed by atoms with Gasteiger partial charge in [-0.15, -0.1) is 0 Å². The molecule has 140 valence electrons. The lowest BCUT2D eigenvalue weighted by Crippen LogP contribution is -2.16. The molecule has 0 aliphatic rings. The van der Waals surface area contributed by atoms with Crippen LogP contribution in [0.1, 0.15) is 16.1 Å². The van der Waals surface area contributed by atoms with E-state index in [0.717, 1.165) is 5.69 Å². The van der Waals surface area contributed by atoms with E-state index in [9.17, 15) is 9.18 Å². The van der Waals surface area contributed by atoms with Crippen LogP contribution in [0.15, 0.2) is 77.5 Å². The Hall–Kier alpha value is -3.19. The summed E-state index contributed by atoms with van der Waals surface area (Å²) >= 11 is 3.22. The molecule has 0 saturated heterocycles. The number of hydrogen-bond acceptors (Lipinski definition) is 2. The standard InChI is InChI=1S/C21H16BrFN4O/c1-14-19(20(28)24-18-10-9-15(22)13-17(18)23)21(26-11-5-6-12-26)27(25-14)16-7-3-2-4-8-16/h2-13H,1H3,(H,24,28). The van der Waals surface area contributed by atoms with Gasteiger partial charge in [0.05, 0.1) is 17.1 Å². The fourth-order valence-electron chi connectivity index (χ4n) is 3.02. The van der Waals surface area contributed by atoms with E-state index in [1.807, 2.05) is 59.4 Å². The first-order valence-electron chi connectivity index (χ1n) is 8.59. The Balaban J connectivity index is 1.82. The number of halogens is 2. The third-order valence-corrected chi connectivity index (χ3v) is 4.79. The van der Waals surface area contributed by atoms with Crippen molar-refractivity contribution in [2.24, 2.45) is 0 Å². The van der Waals surface area contributed by atoms with Gasteiger partial charge in [-0.25, -0.2) is 9.07 Å². The van der Waals surface area contributed by atoms with Crippen molar-refractivity contribution in [2.45, 2.75) is 6.92 Å². The Bertz CT molecular complexity index is 1140. The third-order valence-electron chi connectivity index (χ3n) is 4.29. The molecular weight excluding hydrogens is 423 g/mol. The van der Waals surface area contributed by atoms with E-state index in [1.54, 1.807) is 17.7 Å². The van der Waals surface area contributed by atoms with Crippen LogP contribution in [0, 0.1) is 12.7 Å². The largest absolute Gasteiger partial charge is 0.319 e. The molecule has 0 spiro atoms. The maximum Gasteiger partial charge on any atom is 0.261 e. The Morgan fingerprint density at radius 2 is 1.79 bits per heavy atom. The second-order valence-electron chi connectivity index (χ2n) is 6.20. The highest BCUT2D eigenvalue weighted by atomic mass is 79.9. The molecule has 4 aromatic rings. The number of aromatic nitrogens is 3. The average Bonchev–Trinajstić information content (AvgIpc) is 3.32. The summed E-state index contributed by atoms with van der Waals surface area (Å²) in [5.41, 5.74) is 1.85. The smallest absolute Gasteiger partial charge is 0.261 e. The topological polar surface area (TPSA) is 51.9 Å². The van der Waals surface area contributed by atoms with E-state index >= 15 is 0 Å². The number of benzene rings is 2. The number of carbonyl (C=O) groups excluding carboxylic acids is 1. The first-order chi connectivity index (χ1) is 13.5. The van der Waals surface area contributed by atoms with Crippen molar-refractivity contribution in [3.63, 3.8) is 0 Å². The van der Waals surface area contributed by atoms with Crippen LogP contribution < -0.4 is 5.32 Å². The Kier molecular flexibility index (Phi) is 4.83. The summed E-state index contributed by atoms with van der Waals surface area (Å²) in [5, 5.41) is 7.23. The van der Waals surface area contributed by atoms with Crippen LogP contribution >= 0.6 is 15.9 Å². The minimum Gasteiger partial charge on any atom is -0.319 e. The summed E-state index contributed by atoms with van der Waals surface area (Å²) < 4.78 is 18.3. The summed E-state index contributed by atoms with van der Waals surface area (Å²) in [6.07, 6.45) is 3.68. The number of anilines is 1. The second-order valence-corrected chi connectivity index (χ2v) is 7.12. The van der Waals surface area contributed by atoms with Crippen molar-refractivity contribution in [1.29, 1.82) is 0 Å². The molecule has 1 amide bonds. The van der Waals surface area contributed by atoms with Crippen LogP contribution in [0.2, 0.25) is 0 Å². The van der Waals surface area contributed by atoms with Crippen LogP contribution in [-0.4, -0.2) is 20.3 Å². The zero-order valence-corrected chi connectivity index (χ0v) is 16.5. The molecule has 7 heteroatoms. The fourth-order valence-corrected chi connectivity index (χ4v) is 3.35. The number of aryl methyl sites for hydroxylation is 1. The number of nitrogens with one attached hydrogen (secondary N) is 1. The molecular formula is C21H16BrFN4O. The zero-order valence-electron chi connectivity index (χ0n) is 14.9. The maximum absolute atomic E-state index is 14.2. The molecule has 0 radical (unpaired) electrons. The summed E-state index contributed by atoms with van der Waals surface area (Å²) in [7, 11) is 0. The highest BCUT2D eigenvalue weighted by molar-refractivity contribution is 9.10. The number of carbonyl (C=O) groups is 1. The van der Waals surface area contributed by atoms with Crippen molar-refractivity contribution in [3.8, 4) is 11.5 Å². The number of amides is 1. The van der Waals surface area contributed by atoms with E-state index in [0.29, 0.717) is 21.5 Å². The number of hydrogen-bond donors (Lipinski definition) is 1. The second kappa shape index (κ2) is 7.44. The number of para-hydroxylation sites is 1. The average molecular weight is 439 g/mol. The van der Waals surface area contributed by atoms with Crippen molar-refractivity contribution < 1.29 is 9.18 Å². The Morgan fingerprint density at radius 1 is 1.07 bits per heavy atom. The SMILES string of the molecule is Cc1nn(-c2ccccc2)c(-n2cccc2)c1C(=O)Nc1ccc(Br)cc1F. The fraction of sp³-hybridized carbons (Fsp3) is 0.0476. The predicted molar refractivity (Wildman–Crippen MR) is 110 cm³/mol. The minimum atomic E-state index is -0.515. The summed E-state index contributed by atoms with van der Waals surface area (Å²) in [6.45, 7) is 1.76. The van der Waals surface area contributed by atoms with Gasteiger partial charge in [0, 0.05) is 16.9 Å². The van der Waals surface area contributed by atoms with Gasteiger partial charge in [-0.1, -0.05) is 34.1 Å². The van der Waals surface area contributed by atoms with Crippen molar-refractivity contribution in [1.82, 2.24) is 14.3 Å². The van der Waals surface area contributed by atoms with Gasteiger partial charge in [0.1, 0.15) is 11.4 Å². The lowest BCUT2D eigenvalue weighted by Gasteiger charge is -2.12. The lowest BCUT2D eigenvalue weighted by atomic mass is 10.2. The van der Waals surface area contributed by atoms with Crippen molar-refractivity contribution in [3.05, 3.63) is 94.6 Å². The molecule has 0 aliphatic carbocycles. The lowest BCUT2D eigenvalue weighted by molar-refractivity contribution is 0.102. The van der Waals surface area contributed by atoms with Crippen LogP contribution in [0.4, 0.5) is 10.1 Å². The molecule has 0 saturated carbocycles. The van der Waals surface area contributed by atoms with Gasteiger partial charge in [-0.3, -0.25) is 4.79 Å². The molecule has 0 unspecified atom stereocenters. The molecule has 1 N–H and O–H groups in total. The highest BCUT2D eigenvalue weighted by Gasteiger charge is 2.24. The first-order valence-corrected chi connectivity index (χ1v) is 9.38. The normalized spacial score (nSPS) is 10.8. The minimum absolute atomic E-state index is 0.110. The van der Waals surface area contributed by atoms with Crippen molar-refractivity contribution in [2.75, 3.05) is 5.32 Å². The molecule has 2 aromatic carbocycles. The van der Waals surface area contributed by atoms with E-state index in [2.05, 4.69) is 26.3 Å². The molecule has 2 heterocycles. The summed E-state index contributed by atoms with van der Waals surface area (Å²) in [4.78, 5) is 13.1. The van der Waals surface area contributed by atoms with Crippen LogP contribution in [0.5, 0.6) is 0 Å². The van der Waals surface area contributed by atoms with Crippen molar-refractivity contribution >= 4 is 27.5 Å².